The summed E-state index contributed by atoms with van der Waals surface area (Å²) < 4.78 is 19.6. The van der Waals surface area contributed by atoms with E-state index in [4.69, 9.17) is 16.0 Å². The van der Waals surface area contributed by atoms with Gasteiger partial charge in [-0.2, -0.15) is 0 Å². The molecule has 5 nitrogen and oxygen atoms in total. The van der Waals surface area contributed by atoms with Gasteiger partial charge in [-0.3, -0.25) is 14.5 Å². The third-order valence-electron chi connectivity index (χ3n) is 5.10. The summed E-state index contributed by atoms with van der Waals surface area (Å²) in [5, 5.41) is 10.4. The van der Waals surface area contributed by atoms with Gasteiger partial charge in [0.25, 0.3) is 5.91 Å². The maximum Gasteiger partial charge on any atom is 0.295 e. The van der Waals surface area contributed by atoms with Crippen LogP contribution >= 0.6 is 11.6 Å². The van der Waals surface area contributed by atoms with E-state index in [1.807, 2.05) is 0 Å². The molecule has 1 aliphatic heterocycles. The largest absolute Gasteiger partial charge is 0.508 e. The molecule has 7 heteroatoms. The quantitative estimate of drug-likeness (QED) is 0.492. The van der Waals surface area contributed by atoms with Gasteiger partial charge in [0, 0.05) is 10.7 Å². The highest BCUT2D eigenvalue weighted by molar-refractivity contribution is 6.31. The fraction of sp³-hybridized carbons (Fsp3) is 0.0435. The number of aromatic hydroxyl groups is 1. The van der Waals surface area contributed by atoms with Crippen molar-refractivity contribution in [2.75, 3.05) is 4.90 Å². The number of benzene rings is 3. The Labute approximate surface area is 174 Å². The Morgan fingerprint density at radius 2 is 1.80 bits per heavy atom. The molecule has 1 atom stereocenters. The molecule has 30 heavy (non-hydrogen) atoms. The van der Waals surface area contributed by atoms with Crippen LogP contribution in [0.15, 0.2) is 75.9 Å². The number of nitrogens with zero attached hydrogens (tertiary/aromatic N) is 1. The first-order valence-electron chi connectivity index (χ1n) is 9.08. The minimum Gasteiger partial charge on any atom is -0.508 e. The van der Waals surface area contributed by atoms with E-state index in [2.05, 4.69) is 0 Å². The molecule has 0 aliphatic carbocycles. The van der Waals surface area contributed by atoms with E-state index >= 15 is 0 Å². The summed E-state index contributed by atoms with van der Waals surface area (Å²) in [7, 11) is 0. The zero-order chi connectivity index (χ0) is 21.0. The van der Waals surface area contributed by atoms with Gasteiger partial charge in [-0.1, -0.05) is 29.8 Å². The number of anilines is 1. The van der Waals surface area contributed by atoms with E-state index in [-0.39, 0.29) is 28.0 Å². The van der Waals surface area contributed by atoms with Crippen LogP contribution in [0.5, 0.6) is 5.75 Å². The highest BCUT2D eigenvalue weighted by atomic mass is 35.5. The average molecular weight is 422 g/mol. The van der Waals surface area contributed by atoms with Crippen molar-refractivity contribution < 1.29 is 18.7 Å². The molecule has 5 rings (SSSR count). The van der Waals surface area contributed by atoms with Crippen molar-refractivity contribution in [1.29, 1.82) is 0 Å². The van der Waals surface area contributed by atoms with Gasteiger partial charge in [-0.15, -0.1) is 0 Å². The van der Waals surface area contributed by atoms with E-state index in [1.165, 1.54) is 29.2 Å². The smallest absolute Gasteiger partial charge is 0.295 e. The maximum absolute atomic E-state index is 13.8. The predicted molar refractivity (Wildman–Crippen MR) is 111 cm³/mol. The molecule has 1 N–H and O–H groups in total. The summed E-state index contributed by atoms with van der Waals surface area (Å²) >= 11 is 6.13. The molecule has 148 valence electrons. The van der Waals surface area contributed by atoms with Crippen LogP contribution in [0, 0.1) is 5.82 Å². The second-order valence-electron chi connectivity index (χ2n) is 6.97. The Kier molecular flexibility index (Phi) is 4.11. The van der Waals surface area contributed by atoms with Gasteiger partial charge >= 0.3 is 0 Å². The van der Waals surface area contributed by atoms with Gasteiger partial charge in [0.05, 0.1) is 17.0 Å². The van der Waals surface area contributed by atoms with Gasteiger partial charge in [0.1, 0.15) is 17.1 Å². The number of phenolic OH excluding ortho intramolecular Hbond substituents is 1. The van der Waals surface area contributed by atoms with Crippen LogP contribution in [0.1, 0.15) is 27.7 Å². The molecule has 3 aromatic carbocycles. The van der Waals surface area contributed by atoms with Crippen LogP contribution in [-0.4, -0.2) is 11.0 Å². The Bertz CT molecular complexity index is 1400. The fourth-order valence-corrected chi connectivity index (χ4v) is 4.03. The van der Waals surface area contributed by atoms with Crippen molar-refractivity contribution in [1.82, 2.24) is 0 Å². The third kappa shape index (κ3) is 2.76. The van der Waals surface area contributed by atoms with Crippen LogP contribution in [-0.2, 0) is 0 Å². The molecule has 1 aromatic heterocycles. The van der Waals surface area contributed by atoms with Gasteiger partial charge in [-0.25, -0.2) is 4.39 Å². The van der Waals surface area contributed by atoms with Crippen LogP contribution in [0.4, 0.5) is 10.1 Å². The lowest BCUT2D eigenvalue weighted by atomic mass is 9.98. The lowest BCUT2D eigenvalue weighted by Crippen LogP contribution is -2.29. The molecule has 4 aromatic rings. The summed E-state index contributed by atoms with van der Waals surface area (Å²) in [6, 6.07) is 15.6. The molecular formula is C23H13ClFNO4. The molecular weight excluding hydrogens is 409 g/mol. The van der Waals surface area contributed by atoms with Gasteiger partial charge < -0.3 is 9.52 Å². The van der Waals surface area contributed by atoms with Gasteiger partial charge in [0.2, 0.25) is 5.76 Å². The number of phenols is 1. The Morgan fingerprint density at radius 1 is 1.00 bits per heavy atom. The second kappa shape index (κ2) is 6.71. The van der Waals surface area contributed by atoms with Crippen molar-refractivity contribution in [2.45, 2.75) is 6.04 Å². The summed E-state index contributed by atoms with van der Waals surface area (Å²) in [4.78, 5) is 28.1. The Balaban J connectivity index is 1.84. The first kappa shape index (κ1) is 18.4. The van der Waals surface area contributed by atoms with Crippen molar-refractivity contribution in [3.63, 3.8) is 0 Å². The van der Waals surface area contributed by atoms with E-state index < -0.39 is 23.2 Å². The van der Waals surface area contributed by atoms with Crippen LogP contribution < -0.4 is 10.3 Å². The number of hydrogen-bond acceptors (Lipinski definition) is 4. The number of carbonyl (C=O) groups is 1. The highest BCUT2D eigenvalue weighted by Gasteiger charge is 2.43. The molecule has 0 bridgehead atoms. The lowest BCUT2D eigenvalue weighted by molar-refractivity contribution is 0.0971. The Hall–Kier alpha value is -3.64. The minimum atomic E-state index is -0.873. The average Bonchev–Trinajstić information content (AvgIpc) is 3.01. The lowest BCUT2D eigenvalue weighted by Gasteiger charge is -2.25. The van der Waals surface area contributed by atoms with Crippen LogP contribution in [0.25, 0.3) is 11.0 Å². The number of rotatable bonds is 2. The zero-order valence-electron chi connectivity index (χ0n) is 15.3. The molecule has 1 unspecified atom stereocenters. The number of carbonyl (C=O) groups excluding carboxylic acids is 1. The molecule has 0 saturated carbocycles. The monoisotopic (exact) mass is 421 g/mol. The summed E-state index contributed by atoms with van der Waals surface area (Å²) in [6.45, 7) is 0. The van der Waals surface area contributed by atoms with Crippen molar-refractivity contribution in [2.24, 2.45) is 0 Å². The first-order valence-corrected chi connectivity index (χ1v) is 9.46. The summed E-state index contributed by atoms with van der Waals surface area (Å²) in [6.07, 6.45) is 0. The zero-order valence-corrected chi connectivity index (χ0v) is 16.1. The van der Waals surface area contributed by atoms with Crippen molar-refractivity contribution in [3.8, 4) is 5.75 Å². The highest BCUT2D eigenvalue weighted by Crippen LogP contribution is 2.42. The van der Waals surface area contributed by atoms with Gasteiger partial charge in [-0.05, 0) is 54.1 Å². The standard InChI is InChI=1S/C23H13ClFNO4/c24-13-4-2-5-15(10-13)26-20(12-3-1-6-16(27)9-12)19-21(28)17-11-14(25)7-8-18(17)30-22(19)23(26)29/h1-11,20,27H. The molecule has 2 heterocycles. The van der Waals surface area contributed by atoms with Crippen molar-refractivity contribution in [3.05, 3.63) is 105 Å². The van der Waals surface area contributed by atoms with E-state index in [0.29, 0.717) is 16.3 Å². The molecule has 1 aliphatic rings. The summed E-state index contributed by atoms with van der Waals surface area (Å²) in [5.41, 5.74) is 0.670. The van der Waals surface area contributed by atoms with Crippen LogP contribution in [0.3, 0.4) is 0 Å². The van der Waals surface area contributed by atoms with E-state index in [0.717, 1.165) is 6.07 Å². The van der Waals surface area contributed by atoms with Crippen molar-refractivity contribution >= 4 is 34.2 Å². The fourth-order valence-electron chi connectivity index (χ4n) is 3.85. The topological polar surface area (TPSA) is 70.8 Å². The normalized spacial score (nSPS) is 15.6. The predicted octanol–water partition coefficient (Wildman–Crippen LogP) is 5.04. The molecule has 0 fully saturated rings. The second-order valence-corrected chi connectivity index (χ2v) is 7.40. The van der Waals surface area contributed by atoms with Crippen LogP contribution in [0.2, 0.25) is 5.02 Å². The minimum absolute atomic E-state index is 0.0179. The molecule has 0 spiro atoms. The van der Waals surface area contributed by atoms with E-state index in [9.17, 15) is 19.1 Å². The Morgan fingerprint density at radius 3 is 2.57 bits per heavy atom. The number of amides is 1. The molecule has 0 radical (unpaired) electrons. The number of halogens is 2. The maximum atomic E-state index is 13.8. The SMILES string of the molecule is O=C1c2oc3ccc(F)cc3c(=O)c2C(c2cccc(O)c2)N1c1cccc(Cl)c1. The van der Waals surface area contributed by atoms with E-state index in [1.54, 1.807) is 36.4 Å². The first-order chi connectivity index (χ1) is 14.4. The number of fused-ring (bicyclic) bond motifs is 2. The number of hydrogen-bond donors (Lipinski definition) is 1. The summed E-state index contributed by atoms with van der Waals surface area (Å²) in [5.74, 6) is -1.24. The third-order valence-corrected chi connectivity index (χ3v) is 5.34. The molecule has 0 saturated heterocycles. The molecule has 1 amide bonds. The van der Waals surface area contributed by atoms with Gasteiger partial charge in [0.15, 0.2) is 5.43 Å².